The maximum Gasteiger partial charge on any atom is 0.173 e. The monoisotopic (exact) mass is 320 g/mol. The number of aliphatic hydroxyl groups excluding tert-OH is 3. The lowest BCUT2D eigenvalue weighted by Crippen LogP contribution is -2.50. The first-order chi connectivity index (χ1) is 10.6. The molecule has 4 atom stereocenters. The second-order valence-corrected chi connectivity index (χ2v) is 6.11. The Balaban J connectivity index is 1.76. The van der Waals surface area contributed by atoms with E-state index in [0.29, 0.717) is 11.5 Å². The number of hydrogen-bond donors (Lipinski definition) is 3. The lowest BCUT2D eigenvalue weighted by atomic mass is 10.1. The van der Waals surface area contributed by atoms with E-state index >= 15 is 0 Å². The highest BCUT2D eigenvalue weighted by Crippen LogP contribution is 2.30. The Labute approximate surface area is 131 Å². The average molecular weight is 320 g/mol. The first-order valence-electron chi connectivity index (χ1n) is 6.84. The van der Waals surface area contributed by atoms with Crippen LogP contribution in [0, 0.1) is 0 Å². The van der Waals surface area contributed by atoms with Crippen molar-refractivity contribution in [1.82, 2.24) is 9.97 Å². The van der Waals surface area contributed by atoms with Gasteiger partial charge in [0.25, 0.3) is 0 Å². The van der Waals surface area contributed by atoms with Crippen LogP contribution >= 0.6 is 11.8 Å². The third-order valence-corrected chi connectivity index (χ3v) is 4.65. The minimum absolute atomic E-state index is 0.311. The van der Waals surface area contributed by atoms with Gasteiger partial charge in [0, 0.05) is 36.0 Å². The number of nitrogens with zero attached hydrogens (tertiary/aromatic N) is 2. The molecular weight excluding hydrogens is 304 g/mol. The van der Waals surface area contributed by atoms with Crippen LogP contribution < -0.4 is 4.74 Å². The summed E-state index contributed by atoms with van der Waals surface area (Å²) in [5.41, 5.74) is 1.01. The number of rotatable bonds is 3. The van der Waals surface area contributed by atoms with E-state index in [2.05, 4.69) is 9.97 Å². The molecule has 0 saturated carbocycles. The van der Waals surface area contributed by atoms with E-state index < -0.39 is 23.7 Å². The van der Waals surface area contributed by atoms with E-state index in [1.165, 1.54) is 11.8 Å². The summed E-state index contributed by atoms with van der Waals surface area (Å²) in [5, 5.41) is 29.2. The summed E-state index contributed by atoms with van der Waals surface area (Å²) >= 11 is 1.27. The van der Waals surface area contributed by atoms with Crippen molar-refractivity contribution in [2.24, 2.45) is 0 Å². The van der Waals surface area contributed by atoms with Crippen molar-refractivity contribution >= 4 is 11.8 Å². The van der Waals surface area contributed by atoms with Gasteiger partial charge in [0.05, 0.1) is 11.8 Å². The quantitative estimate of drug-likeness (QED) is 0.765. The molecule has 0 radical (unpaired) electrons. The lowest BCUT2D eigenvalue weighted by molar-refractivity contribution is -0.0786. The maximum absolute atomic E-state index is 9.98. The molecule has 116 valence electrons. The normalized spacial score (nSPS) is 28.3. The standard InChI is InChI=1S/C15H16N2O4S/c18-12-8-22-15(14(20)13(12)19)21-10-3-6-17-11(7-10)9-1-4-16-5-2-9/h1-7,12-15,18-20H,8H2/t12-,13+,14-,15+/m1/s1. The van der Waals surface area contributed by atoms with Crippen LogP contribution in [0.4, 0.5) is 0 Å². The molecular formula is C15H16N2O4S. The molecule has 0 aliphatic carbocycles. The summed E-state index contributed by atoms with van der Waals surface area (Å²) in [4.78, 5) is 8.25. The number of hydrogen-bond acceptors (Lipinski definition) is 7. The minimum Gasteiger partial charge on any atom is -0.477 e. The summed E-state index contributed by atoms with van der Waals surface area (Å²) in [6, 6.07) is 7.14. The van der Waals surface area contributed by atoms with Crippen molar-refractivity contribution in [3.63, 3.8) is 0 Å². The fraction of sp³-hybridized carbons (Fsp3) is 0.333. The smallest absolute Gasteiger partial charge is 0.173 e. The SMILES string of the molecule is O[C@@H]1[C@@H](O)[C@@H](Oc2ccnc(-c3ccncc3)c2)SC[C@H]1O. The first kappa shape index (κ1) is 15.2. The van der Waals surface area contributed by atoms with Crippen LogP contribution in [-0.2, 0) is 0 Å². The molecule has 3 heterocycles. The van der Waals surface area contributed by atoms with Crippen molar-refractivity contribution in [2.75, 3.05) is 5.75 Å². The zero-order valence-electron chi connectivity index (χ0n) is 11.6. The molecule has 0 aromatic carbocycles. The van der Waals surface area contributed by atoms with Gasteiger partial charge in [-0.05, 0) is 18.2 Å². The predicted octanol–water partition coefficient (Wildman–Crippen LogP) is 0.678. The number of pyridine rings is 2. The van der Waals surface area contributed by atoms with Gasteiger partial charge in [0.15, 0.2) is 5.44 Å². The molecule has 1 saturated heterocycles. The Hall–Kier alpha value is -1.67. The number of aliphatic hydroxyl groups is 3. The van der Waals surface area contributed by atoms with E-state index in [4.69, 9.17) is 4.74 Å². The number of aromatic nitrogens is 2. The van der Waals surface area contributed by atoms with Gasteiger partial charge < -0.3 is 20.1 Å². The molecule has 0 amide bonds. The molecule has 1 aliphatic heterocycles. The van der Waals surface area contributed by atoms with Gasteiger partial charge in [-0.25, -0.2) is 0 Å². The average Bonchev–Trinajstić information content (AvgIpc) is 2.57. The highest BCUT2D eigenvalue weighted by atomic mass is 32.2. The summed E-state index contributed by atoms with van der Waals surface area (Å²) in [5.74, 6) is 0.854. The van der Waals surface area contributed by atoms with Crippen molar-refractivity contribution in [3.8, 4) is 17.0 Å². The third kappa shape index (κ3) is 3.22. The lowest BCUT2D eigenvalue weighted by Gasteiger charge is -2.34. The highest BCUT2D eigenvalue weighted by molar-refractivity contribution is 7.99. The van der Waals surface area contributed by atoms with Crippen molar-refractivity contribution in [3.05, 3.63) is 42.9 Å². The van der Waals surface area contributed by atoms with E-state index in [0.717, 1.165) is 11.3 Å². The van der Waals surface area contributed by atoms with Crippen LogP contribution in [0.5, 0.6) is 5.75 Å². The van der Waals surface area contributed by atoms with E-state index in [1.54, 1.807) is 30.7 Å². The Bertz CT molecular complexity index is 628. The van der Waals surface area contributed by atoms with Crippen LogP contribution in [0.25, 0.3) is 11.3 Å². The van der Waals surface area contributed by atoms with Crippen LogP contribution in [0.15, 0.2) is 42.9 Å². The molecule has 0 bridgehead atoms. The Kier molecular flexibility index (Phi) is 4.58. The molecule has 2 aromatic rings. The summed E-state index contributed by atoms with van der Waals surface area (Å²) in [7, 11) is 0. The first-order valence-corrected chi connectivity index (χ1v) is 7.89. The largest absolute Gasteiger partial charge is 0.477 e. The van der Waals surface area contributed by atoms with E-state index in [9.17, 15) is 15.3 Å². The van der Waals surface area contributed by atoms with Crippen LogP contribution in [0.2, 0.25) is 0 Å². The summed E-state index contributed by atoms with van der Waals surface area (Å²) in [6.45, 7) is 0. The number of thioether (sulfide) groups is 1. The van der Waals surface area contributed by atoms with Gasteiger partial charge in [-0.15, -0.1) is 11.8 Å². The summed E-state index contributed by atoms with van der Waals surface area (Å²) in [6.07, 6.45) is 1.70. The van der Waals surface area contributed by atoms with Gasteiger partial charge in [-0.1, -0.05) is 0 Å². The molecule has 0 spiro atoms. The molecule has 2 aromatic heterocycles. The van der Waals surface area contributed by atoms with E-state index in [1.807, 2.05) is 12.1 Å². The van der Waals surface area contributed by atoms with Gasteiger partial charge in [0.1, 0.15) is 18.0 Å². The van der Waals surface area contributed by atoms with Crippen molar-refractivity contribution in [1.29, 1.82) is 0 Å². The van der Waals surface area contributed by atoms with Crippen molar-refractivity contribution in [2.45, 2.75) is 23.7 Å². The zero-order chi connectivity index (χ0) is 15.5. The number of ether oxygens (including phenoxy) is 1. The molecule has 0 unspecified atom stereocenters. The predicted molar refractivity (Wildman–Crippen MR) is 82.4 cm³/mol. The van der Waals surface area contributed by atoms with Gasteiger partial charge in [-0.3, -0.25) is 9.97 Å². The van der Waals surface area contributed by atoms with Gasteiger partial charge in [-0.2, -0.15) is 0 Å². The Morgan fingerprint density at radius 2 is 1.82 bits per heavy atom. The fourth-order valence-corrected chi connectivity index (χ4v) is 3.30. The fourth-order valence-electron chi connectivity index (χ4n) is 2.18. The molecule has 3 N–H and O–H groups in total. The molecule has 6 nitrogen and oxygen atoms in total. The Morgan fingerprint density at radius 1 is 1.05 bits per heavy atom. The second kappa shape index (κ2) is 6.62. The highest BCUT2D eigenvalue weighted by Gasteiger charge is 2.38. The van der Waals surface area contributed by atoms with Crippen LogP contribution in [0.3, 0.4) is 0 Å². The van der Waals surface area contributed by atoms with Crippen LogP contribution in [-0.4, -0.2) is 54.8 Å². The molecule has 1 aliphatic rings. The van der Waals surface area contributed by atoms with Crippen molar-refractivity contribution < 1.29 is 20.1 Å². The summed E-state index contributed by atoms with van der Waals surface area (Å²) < 4.78 is 5.73. The Morgan fingerprint density at radius 3 is 2.59 bits per heavy atom. The topological polar surface area (TPSA) is 95.7 Å². The molecule has 7 heteroatoms. The molecule has 22 heavy (non-hydrogen) atoms. The molecule has 1 fully saturated rings. The molecule has 3 rings (SSSR count). The van der Waals surface area contributed by atoms with Gasteiger partial charge in [0.2, 0.25) is 0 Å². The maximum atomic E-state index is 9.98. The zero-order valence-corrected chi connectivity index (χ0v) is 12.4. The van der Waals surface area contributed by atoms with E-state index in [-0.39, 0.29) is 0 Å². The minimum atomic E-state index is -1.20. The third-order valence-electron chi connectivity index (χ3n) is 3.41. The second-order valence-electron chi connectivity index (χ2n) is 4.98. The van der Waals surface area contributed by atoms with Crippen LogP contribution in [0.1, 0.15) is 0 Å². The van der Waals surface area contributed by atoms with Gasteiger partial charge >= 0.3 is 0 Å².